The number of amides is 2. The van der Waals surface area contributed by atoms with E-state index in [1.165, 1.54) is 0 Å². The van der Waals surface area contributed by atoms with Crippen molar-refractivity contribution >= 4 is 17.5 Å². The highest BCUT2D eigenvalue weighted by Crippen LogP contribution is 2.30. The SMILES string of the molecule is O=C(COc1ccccc1)NCc1cccc(NC(=O)C2CC2)c1. The molecule has 0 heterocycles. The van der Waals surface area contributed by atoms with Crippen molar-refractivity contribution in [2.24, 2.45) is 5.92 Å². The molecule has 0 bridgehead atoms. The first kappa shape index (κ1) is 16.1. The normalized spacial score (nSPS) is 13.2. The Morgan fingerprint density at radius 1 is 1.04 bits per heavy atom. The summed E-state index contributed by atoms with van der Waals surface area (Å²) < 4.78 is 5.40. The first-order valence-electron chi connectivity index (χ1n) is 8.05. The van der Waals surface area contributed by atoms with Crippen molar-refractivity contribution in [1.29, 1.82) is 0 Å². The van der Waals surface area contributed by atoms with Crippen molar-refractivity contribution < 1.29 is 14.3 Å². The number of rotatable bonds is 7. The van der Waals surface area contributed by atoms with Crippen LogP contribution in [0.4, 0.5) is 5.69 Å². The van der Waals surface area contributed by atoms with Gasteiger partial charge in [0, 0.05) is 18.2 Å². The van der Waals surface area contributed by atoms with Gasteiger partial charge in [0.15, 0.2) is 6.61 Å². The number of para-hydroxylation sites is 1. The lowest BCUT2D eigenvalue weighted by molar-refractivity contribution is -0.123. The topological polar surface area (TPSA) is 67.4 Å². The van der Waals surface area contributed by atoms with Gasteiger partial charge >= 0.3 is 0 Å². The first-order chi connectivity index (χ1) is 11.7. The summed E-state index contributed by atoms with van der Waals surface area (Å²) in [5.74, 6) is 0.722. The van der Waals surface area contributed by atoms with E-state index in [9.17, 15) is 9.59 Å². The highest BCUT2D eigenvalue weighted by Gasteiger charge is 2.29. The lowest BCUT2D eigenvalue weighted by atomic mass is 10.2. The maximum absolute atomic E-state index is 11.8. The number of benzene rings is 2. The highest BCUT2D eigenvalue weighted by molar-refractivity contribution is 5.94. The van der Waals surface area contributed by atoms with Crippen LogP contribution in [0, 0.1) is 5.92 Å². The van der Waals surface area contributed by atoms with E-state index in [4.69, 9.17) is 4.74 Å². The van der Waals surface area contributed by atoms with Gasteiger partial charge in [0.1, 0.15) is 5.75 Å². The first-order valence-corrected chi connectivity index (χ1v) is 8.05. The van der Waals surface area contributed by atoms with Gasteiger partial charge in [0.05, 0.1) is 0 Å². The minimum atomic E-state index is -0.189. The zero-order valence-electron chi connectivity index (χ0n) is 13.3. The average molecular weight is 324 g/mol. The Labute approximate surface area is 141 Å². The lowest BCUT2D eigenvalue weighted by Crippen LogP contribution is -2.28. The predicted octanol–water partition coefficient (Wildman–Crippen LogP) is 2.73. The largest absolute Gasteiger partial charge is 0.484 e. The number of carbonyl (C=O) groups excluding carboxylic acids is 2. The van der Waals surface area contributed by atoms with Crippen LogP contribution in [0.2, 0.25) is 0 Å². The standard InChI is InChI=1S/C19H20N2O3/c22-18(13-24-17-7-2-1-3-8-17)20-12-14-5-4-6-16(11-14)21-19(23)15-9-10-15/h1-8,11,15H,9-10,12-13H2,(H,20,22)(H,21,23). The summed E-state index contributed by atoms with van der Waals surface area (Å²) in [6.45, 7) is 0.367. The summed E-state index contributed by atoms with van der Waals surface area (Å²) in [7, 11) is 0. The molecule has 1 saturated carbocycles. The molecule has 5 nitrogen and oxygen atoms in total. The van der Waals surface area contributed by atoms with Crippen molar-refractivity contribution in [3.05, 3.63) is 60.2 Å². The molecule has 3 rings (SSSR count). The quantitative estimate of drug-likeness (QED) is 0.823. The number of ether oxygens (including phenoxy) is 1. The molecule has 24 heavy (non-hydrogen) atoms. The summed E-state index contributed by atoms with van der Waals surface area (Å²) >= 11 is 0. The van der Waals surface area contributed by atoms with Gasteiger partial charge in [-0.3, -0.25) is 9.59 Å². The fourth-order valence-electron chi connectivity index (χ4n) is 2.27. The Kier molecular flexibility index (Phi) is 5.11. The Bertz CT molecular complexity index is 712. The van der Waals surface area contributed by atoms with Crippen LogP contribution in [-0.4, -0.2) is 18.4 Å². The summed E-state index contributed by atoms with van der Waals surface area (Å²) in [5.41, 5.74) is 1.69. The van der Waals surface area contributed by atoms with Crippen molar-refractivity contribution in [2.75, 3.05) is 11.9 Å². The molecule has 0 atom stereocenters. The Morgan fingerprint density at radius 3 is 2.58 bits per heavy atom. The van der Waals surface area contributed by atoms with Gasteiger partial charge in [-0.15, -0.1) is 0 Å². The molecule has 1 aliphatic rings. The van der Waals surface area contributed by atoms with Crippen LogP contribution in [0.25, 0.3) is 0 Å². The summed E-state index contributed by atoms with van der Waals surface area (Å²) in [6, 6.07) is 16.7. The van der Waals surface area contributed by atoms with Crippen molar-refractivity contribution in [3.63, 3.8) is 0 Å². The molecule has 5 heteroatoms. The molecule has 0 radical (unpaired) electrons. The van der Waals surface area contributed by atoms with E-state index in [1.54, 1.807) is 12.1 Å². The van der Waals surface area contributed by atoms with Crippen LogP contribution in [0.5, 0.6) is 5.75 Å². The van der Waals surface area contributed by atoms with Gasteiger partial charge in [0.25, 0.3) is 5.91 Å². The summed E-state index contributed by atoms with van der Waals surface area (Å²) in [5, 5.41) is 5.71. The van der Waals surface area contributed by atoms with Gasteiger partial charge in [-0.2, -0.15) is 0 Å². The van der Waals surface area contributed by atoms with E-state index in [0.29, 0.717) is 12.3 Å². The lowest BCUT2D eigenvalue weighted by Gasteiger charge is -2.09. The molecule has 1 aliphatic carbocycles. The second kappa shape index (κ2) is 7.64. The van der Waals surface area contributed by atoms with E-state index < -0.39 is 0 Å². The second-order valence-corrected chi connectivity index (χ2v) is 5.84. The molecular formula is C19H20N2O3. The number of hydrogen-bond acceptors (Lipinski definition) is 3. The highest BCUT2D eigenvalue weighted by atomic mass is 16.5. The number of hydrogen-bond donors (Lipinski definition) is 2. The third kappa shape index (κ3) is 4.84. The minimum Gasteiger partial charge on any atom is -0.484 e. The molecular weight excluding hydrogens is 304 g/mol. The van der Waals surface area contributed by atoms with Crippen molar-refractivity contribution in [1.82, 2.24) is 5.32 Å². The molecule has 124 valence electrons. The van der Waals surface area contributed by atoms with E-state index >= 15 is 0 Å². The number of carbonyl (C=O) groups is 2. The third-order valence-corrected chi connectivity index (χ3v) is 3.75. The smallest absolute Gasteiger partial charge is 0.258 e. The molecule has 1 fully saturated rings. The fourth-order valence-corrected chi connectivity index (χ4v) is 2.27. The summed E-state index contributed by atoms with van der Waals surface area (Å²) in [4.78, 5) is 23.6. The molecule has 2 amide bonds. The van der Waals surface area contributed by atoms with Crippen LogP contribution >= 0.6 is 0 Å². The summed E-state index contributed by atoms with van der Waals surface area (Å²) in [6.07, 6.45) is 1.95. The second-order valence-electron chi connectivity index (χ2n) is 5.84. The monoisotopic (exact) mass is 324 g/mol. The van der Waals surface area contributed by atoms with Crippen LogP contribution < -0.4 is 15.4 Å². The van der Waals surface area contributed by atoms with Crippen LogP contribution in [0.1, 0.15) is 18.4 Å². The van der Waals surface area contributed by atoms with Gasteiger partial charge < -0.3 is 15.4 Å². The van der Waals surface area contributed by atoms with E-state index in [-0.39, 0.29) is 24.3 Å². The van der Waals surface area contributed by atoms with E-state index in [0.717, 1.165) is 24.1 Å². The van der Waals surface area contributed by atoms with Gasteiger partial charge in [0.2, 0.25) is 5.91 Å². The molecule has 0 saturated heterocycles. The Balaban J connectivity index is 1.45. The average Bonchev–Trinajstić information content (AvgIpc) is 3.44. The molecule has 2 aromatic carbocycles. The molecule has 0 aliphatic heterocycles. The third-order valence-electron chi connectivity index (χ3n) is 3.75. The minimum absolute atomic E-state index is 0.0257. The molecule has 2 aromatic rings. The van der Waals surface area contributed by atoms with Crippen LogP contribution in [0.15, 0.2) is 54.6 Å². The molecule has 0 spiro atoms. The maximum atomic E-state index is 11.8. The van der Waals surface area contributed by atoms with Crippen LogP contribution in [0.3, 0.4) is 0 Å². The van der Waals surface area contributed by atoms with Crippen LogP contribution in [-0.2, 0) is 16.1 Å². The van der Waals surface area contributed by atoms with Crippen molar-refractivity contribution in [3.8, 4) is 5.75 Å². The van der Waals surface area contributed by atoms with E-state index in [2.05, 4.69) is 10.6 Å². The maximum Gasteiger partial charge on any atom is 0.258 e. The van der Waals surface area contributed by atoms with Gasteiger partial charge in [-0.25, -0.2) is 0 Å². The number of anilines is 1. The fraction of sp³-hybridized carbons (Fsp3) is 0.263. The Morgan fingerprint density at radius 2 is 1.83 bits per heavy atom. The van der Waals surface area contributed by atoms with Gasteiger partial charge in [-0.05, 0) is 42.7 Å². The van der Waals surface area contributed by atoms with E-state index in [1.807, 2.05) is 42.5 Å². The number of nitrogens with one attached hydrogen (secondary N) is 2. The predicted molar refractivity (Wildman–Crippen MR) is 91.6 cm³/mol. The molecule has 2 N–H and O–H groups in total. The zero-order chi connectivity index (χ0) is 16.8. The zero-order valence-corrected chi connectivity index (χ0v) is 13.3. The molecule has 0 unspecified atom stereocenters. The van der Waals surface area contributed by atoms with Crippen molar-refractivity contribution in [2.45, 2.75) is 19.4 Å². The Hall–Kier alpha value is -2.82. The molecule has 0 aromatic heterocycles. The van der Waals surface area contributed by atoms with Gasteiger partial charge in [-0.1, -0.05) is 30.3 Å².